The number of aliphatic hydroxyl groups is 1. The third-order valence-corrected chi connectivity index (χ3v) is 4.44. The molecule has 2 N–H and O–H groups in total. The Morgan fingerprint density at radius 2 is 2.04 bits per heavy atom. The van der Waals surface area contributed by atoms with Crippen LogP contribution in [0.3, 0.4) is 0 Å². The Kier molecular flexibility index (Phi) is 5.48. The fraction of sp³-hybridized carbons (Fsp3) is 0.750. The topological polar surface area (TPSA) is 70.4 Å². The van der Waals surface area contributed by atoms with Gasteiger partial charge in [-0.2, -0.15) is 18.3 Å². The third kappa shape index (κ3) is 4.33. The van der Waals surface area contributed by atoms with Crippen LogP contribution < -0.4 is 5.32 Å². The monoisotopic (exact) mass is 362 g/mol. The summed E-state index contributed by atoms with van der Waals surface area (Å²) < 4.78 is 41.7. The molecule has 1 saturated heterocycles. The number of hydrogen-bond acceptors (Lipinski definition) is 4. The lowest BCUT2D eigenvalue weighted by molar-refractivity contribution is -0.142. The Morgan fingerprint density at radius 1 is 1.40 bits per heavy atom. The Balaban J connectivity index is 2.45. The quantitative estimate of drug-likeness (QED) is 0.859. The van der Waals surface area contributed by atoms with Crippen LogP contribution in [0, 0.1) is 6.92 Å². The van der Waals surface area contributed by atoms with Crippen molar-refractivity contribution in [2.45, 2.75) is 51.4 Å². The molecule has 1 unspecified atom stereocenters. The lowest BCUT2D eigenvalue weighted by Gasteiger charge is -2.30. The molecule has 1 aliphatic rings. The van der Waals surface area contributed by atoms with E-state index in [1.165, 1.54) is 25.5 Å². The molecule has 142 valence electrons. The number of rotatable bonds is 4. The molecule has 0 aliphatic carbocycles. The van der Waals surface area contributed by atoms with Gasteiger partial charge in [0, 0.05) is 12.2 Å². The summed E-state index contributed by atoms with van der Waals surface area (Å²) in [5.74, 6) is -0.876. The molecule has 1 aromatic rings. The SMILES string of the molecule is Cc1c(C(=O)NC(C)(C)CO)c(C(F)(F)F)nn1C1CCCN(C)C1. The van der Waals surface area contributed by atoms with Gasteiger partial charge in [-0.3, -0.25) is 9.48 Å². The third-order valence-electron chi connectivity index (χ3n) is 4.44. The van der Waals surface area contributed by atoms with Crippen LogP contribution in [0.2, 0.25) is 0 Å². The number of amides is 1. The zero-order chi connectivity index (χ0) is 19.0. The van der Waals surface area contributed by atoms with Crippen molar-refractivity contribution in [3.8, 4) is 0 Å². The van der Waals surface area contributed by atoms with Crippen molar-refractivity contribution < 1.29 is 23.1 Å². The molecule has 1 aliphatic heterocycles. The van der Waals surface area contributed by atoms with Crippen LogP contribution in [-0.2, 0) is 6.18 Å². The smallest absolute Gasteiger partial charge is 0.394 e. The van der Waals surface area contributed by atoms with Crippen molar-refractivity contribution in [3.63, 3.8) is 0 Å². The second kappa shape index (κ2) is 6.95. The molecule has 0 saturated carbocycles. The predicted octanol–water partition coefficient (Wildman–Crippen LogP) is 1.98. The van der Waals surface area contributed by atoms with E-state index in [1.54, 1.807) is 0 Å². The maximum absolute atomic E-state index is 13.4. The molecule has 1 fully saturated rings. The summed E-state index contributed by atoms with van der Waals surface area (Å²) >= 11 is 0. The first-order valence-corrected chi connectivity index (χ1v) is 8.24. The van der Waals surface area contributed by atoms with E-state index >= 15 is 0 Å². The average molecular weight is 362 g/mol. The number of alkyl halides is 3. The lowest BCUT2D eigenvalue weighted by Crippen LogP contribution is -2.46. The Labute approximate surface area is 145 Å². The highest BCUT2D eigenvalue weighted by molar-refractivity contribution is 5.97. The number of aromatic nitrogens is 2. The molecule has 0 aromatic carbocycles. The Bertz CT molecular complexity index is 640. The van der Waals surface area contributed by atoms with Gasteiger partial charge in [-0.1, -0.05) is 0 Å². The van der Waals surface area contributed by atoms with Crippen LogP contribution in [0.1, 0.15) is 54.5 Å². The average Bonchev–Trinajstić information content (AvgIpc) is 2.84. The van der Waals surface area contributed by atoms with Crippen molar-refractivity contribution in [1.29, 1.82) is 0 Å². The van der Waals surface area contributed by atoms with Gasteiger partial charge in [0.2, 0.25) is 0 Å². The van der Waals surface area contributed by atoms with Gasteiger partial charge in [-0.15, -0.1) is 0 Å². The molecular formula is C16H25F3N4O2. The maximum Gasteiger partial charge on any atom is 0.435 e. The number of carbonyl (C=O) groups is 1. The first kappa shape index (κ1) is 19.7. The molecule has 1 aromatic heterocycles. The highest BCUT2D eigenvalue weighted by Gasteiger charge is 2.42. The number of aliphatic hydroxyl groups excluding tert-OH is 1. The van der Waals surface area contributed by atoms with E-state index in [0.717, 1.165) is 13.0 Å². The minimum Gasteiger partial charge on any atom is -0.394 e. The van der Waals surface area contributed by atoms with Gasteiger partial charge in [0.05, 0.1) is 23.8 Å². The predicted molar refractivity (Wildman–Crippen MR) is 86.4 cm³/mol. The highest BCUT2D eigenvalue weighted by atomic mass is 19.4. The summed E-state index contributed by atoms with van der Waals surface area (Å²) in [6.45, 7) is 5.64. The van der Waals surface area contributed by atoms with Crippen molar-refractivity contribution in [3.05, 3.63) is 17.0 Å². The van der Waals surface area contributed by atoms with Crippen LogP contribution in [0.4, 0.5) is 13.2 Å². The van der Waals surface area contributed by atoms with Crippen molar-refractivity contribution in [2.24, 2.45) is 0 Å². The van der Waals surface area contributed by atoms with Crippen LogP contribution in [0.15, 0.2) is 0 Å². The molecule has 9 heteroatoms. The summed E-state index contributed by atoms with van der Waals surface area (Å²) in [5.41, 5.74) is -2.48. The molecule has 2 heterocycles. The number of nitrogens with zero attached hydrogens (tertiary/aromatic N) is 3. The summed E-state index contributed by atoms with van der Waals surface area (Å²) in [6, 6.07) is -0.202. The van der Waals surface area contributed by atoms with Gasteiger partial charge in [-0.05, 0) is 47.2 Å². The van der Waals surface area contributed by atoms with Gasteiger partial charge in [-0.25, -0.2) is 0 Å². The van der Waals surface area contributed by atoms with E-state index < -0.39 is 28.9 Å². The molecule has 25 heavy (non-hydrogen) atoms. The Hall–Kier alpha value is -1.61. The second-order valence-electron chi connectivity index (χ2n) is 7.31. The summed E-state index contributed by atoms with van der Waals surface area (Å²) in [6.07, 6.45) is -3.15. The molecule has 0 spiro atoms. The minimum absolute atomic E-state index is 0.193. The maximum atomic E-state index is 13.4. The molecule has 6 nitrogen and oxygen atoms in total. The Morgan fingerprint density at radius 3 is 2.56 bits per heavy atom. The zero-order valence-corrected chi connectivity index (χ0v) is 14.9. The van der Waals surface area contributed by atoms with Crippen LogP contribution in [0.25, 0.3) is 0 Å². The van der Waals surface area contributed by atoms with E-state index in [9.17, 15) is 23.1 Å². The highest BCUT2D eigenvalue weighted by Crippen LogP contribution is 2.34. The summed E-state index contributed by atoms with van der Waals surface area (Å²) in [7, 11) is 1.91. The van der Waals surface area contributed by atoms with Gasteiger partial charge in [0.25, 0.3) is 5.91 Å². The van der Waals surface area contributed by atoms with E-state index in [1.807, 2.05) is 11.9 Å². The van der Waals surface area contributed by atoms with Gasteiger partial charge in [0.1, 0.15) is 0 Å². The standard InChI is InChI=1S/C16H25F3N4O2/c1-10-12(14(25)20-15(2,3)9-24)13(16(17,18)19)21-23(10)11-6-5-7-22(4)8-11/h11,24H,5-9H2,1-4H3,(H,20,25). The number of likely N-dealkylation sites (tertiary alicyclic amines) is 1. The largest absolute Gasteiger partial charge is 0.435 e. The number of halogens is 3. The van der Waals surface area contributed by atoms with Gasteiger partial charge in [0.15, 0.2) is 5.69 Å². The fourth-order valence-electron chi connectivity index (χ4n) is 3.09. The molecule has 1 amide bonds. The normalized spacial score (nSPS) is 19.9. The molecule has 0 bridgehead atoms. The number of carbonyl (C=O) groups excluding carboxylic acids is 1. The summed E-state index contributed by atoms with van der Waals surface area (Å²) in [4.78, 5) is 14.5. The molecular weight excluding hydrogens is 337 g/mol. The van der Waals surface area contributed by atoms with E-state index in [4.69, 9.17) is 0 Å². The van der Waals surface area contributed by atoms with Crippen molar-refractivity contribution in [1.82, 2.24) is 20.0 Å². The van der Waals surface area contributed by atoms with Gasteiger partial charge >= 0.3 is 6.18 Å². The van der Waals surface area contributed by atoms with Crippen molar-refractivity contribution >= 4 is 5.91 Å². The van der Waals surface area contributed by atoms with E-state index in [-0.39, 0.29) is 18.3 Å². The summed E-state index contributed by atoms with van der Waals surface area (Å²) in [5, 5.41) is 15.5. The minimum atomic E-state index is -4.73. The van der Waals surface area contributed by atoms with Crippen LogP contribution in [-0.4, -0.2) is 58.0 Å². The van der Waals surface area contributed by atoms with Gasteiger partial charge < -0.3 is 15.3 Å². The molecule has 0 radical (unpaired) electrons. The van der Waals surface area contributed by atoms with E-state index in [2.05, 4.69) is 10.4 Å². The molecule has 2 rings (SSSR count). The first-order valence-electron chi connectivity index (χ1n) is 8.24. The number of likely N-dealkylation sites (N-methyl/N-ethyl adjacent to an activating group) is 1. The number of nitrogens with one attached hydrogen (secondary N) is 1. The molecule has 1 atom stereocenters. The van der Waals surface area contributed by atoms with Crippen molar-refractivity contribution in [2.75, 3.05) is 26.7 Å². The second-order valence-corrected chi connectivity index (χ2v) is 7.31. The van der Waals surface area contributed by atoms with Crippen LogP contribution >= 0.6 is 0 Å². The number of piperidine rings is 1. The lowest BCUT2D eigenvalue weighted by atomic mass is 10.0. The fourth-order valence-corrected chi connectivity index (χ4v) is 3.09. The zero-order valence-electron chi connectivity index (χ0n) is 14.9. The van der Waals surface area contributed by atoms with E-state index in [0.29, 0.717) is 13.0 Å². The number of hydrogen-bond donors (Lipinski definition) is 2. The van der Waals surface area contributed by atoms with Crippen LogP contribution in [0.5, 0.6) is 0 Å². The first-order chi connectivity index (χ1) is 11.5.